The molecule has 0 aromatic rings. The number of piperidine rings is 1. The summed E-state index contributed by atoms with van der Waals surface area (Å²) in [6, 6.07) is 0. The van der Waals surface area contributed by atoms with Crippen molar-refractivity contribution in [3.63, 3.8) is 0 Å². The molecule has 1 rings (SSSR count). The molecule has 1 aliphatic heterocycles. The zero-order valence-electron chi connectivity index (χ0n) is 8.60. The van der Waals surface area contributed by atoms with Gasteiger partial charge in [-0.3, -0.25) is 4.79 Å². The lowest BCUT2D eigenvalue weighted by molar-refractivity contribution is -0.150. The Kier molecular flexibility index (Phi) is 3.97. The van der Waals surface area contributed by atoms with Gasteiger partial charge in [0.05, 0.1) is 5.41 Å². The second kappa shape index (κ2) is 5.02. The van der Waals surface area contributed by atoms with Crippen LogP contribution in [0.5, 0.6) is 0 Å². The van der Waals surface area contributed by atoms with E-state index in [1.165, 1.54) is 0 Å². The second-order valence-corrected chi connectivity index (χ2v) is 3.79. The van der Waals surface area contributed by atoms with E-state index in [1.807, 2.05) is 0 Å². The summed E-state index contributed by atoms with van der Waals surface area (Å²) in [6.45, 7) is 3.31. The Morgan fingerprint density at radius 2 is 2.43 bits per heavy atom. The van der Waals surface area contributed by atoms with Crippen molar-refractivity contribution in [2.45, 2.75) is 32.6 Å². The highest BCUT2D eigenvalue weighted by Crippen LogP contribution is 2.31. The zero-order chi connectivity index (χ0) is 10.4. The number of hydrogen-bond acceptors (Lipinski definition) is 2. The molecule has 0 amide bonds. The molecule has 1 atom stereocenters. The van der Waals surface area contributed by atoms with E-state index in [9.17, 15) is 9.90 Å². The highest BCUT2D eigenvalue weighted by molar-refractivity contribution is 5.75. The summed E-state index contributed by atoms with van der Waals surface area (Å²) >= 11 is 0. The average Bonchev–Trinajstić information content (AvgIpc) is 2.19. The van der Waals surface area contributed by atoms with Crippen molar-refractivity contribution in [3.8, 4) is 11.8 Å². The first-order valence-electron chi connectivity index (χ1n) is 5.05. The molecule has 2 N–H and O–H groups in total. The number of aliphatic carboxylic acids is 1. The van der Waals surface area contributed by atoms with Gasteiger partial charge in [-0.1, -0.05) is 0 Å². The number of carboxylic acid groups (broad SMARTS) is 1. The molecular formula is C11H17NO2. The Bertz CT molecular complexity index is 256. The van der Waals surface area contributed by atoms with E-state index in [0.717, 1.165) is 19.4 Å². The quantitative estimate of drug-likeness (QED) is 0.666. The van der Waals surface area contributed by atoms with Crippen molar-refractivity contribution in [3.05, 3.63) is 0 Å². The molecule has 3 heteroatoms. The van der Waals surface area contributed by atoms with Crippen LogP contribution in [0.25, 0.3) is 0 Å². The van der Waals surface area contributed by atoms with E-state index in [2.05, 4.69) is 17.2 Å². The molecule has 0 bridgehead atoms. The number of nitrogens with one attached hydrogen (secondary N) is 1. The van der Waals surface area contributed by atoms with Crippen molar-refractivity contribution in [1.82, 2.24) is 5.32 Å². The lowest BCUT2D eigenvalue weighted by atomic mass is 9.77. The van der Waals surface area contributed by atoms with Crippen molar-refractivity contribution in [1.29, 1.82) is 0 Å². The van der Waals surface area contributed by atoms with Gasteiger partial charge < -0.3 is 10.4 Å². The normalized spacial score (nSPS) is 26.4. The summed E-state index contributed by atoms with van der Waals surface area (Å²) in [5.74, 6) is 5.06. The van der Waals surface area contributed by atoms with Gasteiger partial charge in [0, 0.05) is 13.0 Å². The van der Waals surface area contributed by atoms with Gasteiger partial charge in [-0.05, 0) is 32.7 Å². The molecule has 0 aliphatic carbocycles. The molecule has 14 heavy (non-hydrogen) atoms. The van der Waals surface area contributed by atoms with E-state index >= 15 is 0 Å². The topological polar surface area (TPSA) is 49.3 Å². The second-order valence-electron chi connectivity index (χ2n) is 3.79. The average molecular weight is 195 g/mol. The minimum absolute atomic E-state index is 0.567. The number of carboxylic acids is 1. The standard InChI is InChI=1S/C11H17NO2/c1-2-3-4-6-11(10(13)14)7-5-8-12-9-11/h12H,4-9H2,1H3,(H,13,14). The van der Waals surface area contributed by atoms with Gasteiger partial charge in [-0.15, -0.1) is 11.8 Å². The van der Waals surface area contributed by atoms with Crippen LogP contribution in [0.15, 0.2) is 0 Å². The Hall–Kier alpha value is -1.01. The van der Waals surface area contributed by atoms with Gasteiger partial charge in [0.1, 0.15) is 0 Å². The van der Waals surface area contributed by atoms with Gasteiger partial charge in [0.25, 0.3) is 0 Å². The summed E-state index contributed by atoms with van der Waals surface area (Å²) < 4.78 is 0. The fourth-order valence-electron chi connectivity index (χ4n) is 1.90. The lowest BCUT2D eigenvalue weighted by Crippen LogP contribution is -2.45. The molecule has 1 fully saturated rings. The number of carbonyl (C=O) groups is 1. The molecule has 1 heterocycles. The SMILES string of the molecule is CC#CCCC1(C(=O)O)CCCNC1. The third kappa shape index (κ3) is 2.49. The predicted molar refractivity (Wildman–Crippen MR) is 54.9 cm³/mol. The zero-order valence-corrected chi connectivity index (χ0v) is 8.60. The van der Waals surface area contributed by atoms with Crippen LogP contribution >= 0.6 is 0 Å². The Morgan fingerprint density at radius 1 is 1.64 bits per heavy atom. The van der Waals surface area contributed by atoms with Crippen LogP contribution < -0.4 is 5.32 Å². The van der Waals surface area contributed by atoms with Crippen LogP contribution in [-0.2, 0) is 4.79 Å². The highest BCUT2D eigenvalue weighted by Gasteiger charge is 2.38. The fraction of sp³-hybridized carbons (Fsp3) is 0.727. The summed E-state index contributed by atoms with van der Waals surface area (Å²) in [4.78, 5) is 11.2. The van der Waals surface area contributed by atoms with E-state index in [0.29, 0.717) is 19.4 Å². The molecular weight excluding hydrogens is 178 g/mol. The van der Waals surface area contributed by atoms with Crippen molar-refractivity contribution in [2.24, 2.45) is 5.41 Å². The molecule has 0 aromatic carbocycles. The summed E-state index contributed by atoms with van der Waals surface area (Å²) in [6.07, 6.45) is 3.08. The minimum atomic E-state index is -0.678. The van der Waals surface area contributed by atoms with Gasteiger partial charge in [-0.25, -0.2) is 0 Å². The summed E-state index contributed by atoms with van der Waals surface area (Å²) in [7, 11) is 0. The van der Waals surface area contributed by atoms with Gasteiger partial charge in [-0.2, -0.15) is 0 Å². The van der Waals surface area contributed by atoms with Gasteiger partial charge in [0.2, 0.25) is 0 Å². The maximum absolute atomic E-state index is 11.2. The molecule has 0 spiro atoms. The molecule has 1 unspecified atom stereocenters. The molecule has 0 radical (unpaired) electrons. The first-order chi connectivity index (χ1) is 6.71. The van der Waals surface area contributed by atoms with E-state index in [1.54, 1.807) is 6.92 Å². The molecule has 3 nitrogen and oxygen atoms in total. The monoisotopic (exact) mass is 195 g/mol. The van der Waals surface area contributed by atoms with E-state index in [4.69, 9.17) is 0 Å². The van der Waals surface area contributed by atoms with Crippen LogP contribution in [0.2, 0.25) is 0 Å². The minimum Gasteiger partial charge on any atom is -0.481 e. The summed E-state index contributed by atoms with van der Waals surface area (Å²) in [5, 5.41) is 12.4. The van der Waals surface area contributed by atoms with Crippen LogP contribution in [0, 0.1) is 17.3 Å². The Morgan fingerprint density at radius 3 is 2.93 bits per heavy atom. The first-order valence-corrected chi connectivity index (χ1v) is 5.05. The smallest absolute Gasteiger partial charge is 0.310 e. The van der Waals surface area contributed by atoms with Crippen molar-refractivity contribution in [2.75, 3.05) is 13.1 Å². The third-order valence-corrected chi connectivity index (χ3v) is 2.83. The van der Waals surface area contributed by atoms with Crippen LogP contribution in [0.3, 0.4) is 0 Å². The van der Waals surface area contributed by atoms with Crippen molar-refractivity contribution >= 4 is 5.97 Å². The highest BCUT2D eigenvalue weighted by atomic mass is 16.4. The first kappa shape index (κ1) is 11.1. The van der Waals surface area contributed by atoms with Crippen LogP contribution in [0.1, 0.15) is 32.6 Å². The van der Waals surface area contributed by atoms with E-state index in [-0.39, 0.29) is 0 Å². The number of hydrogen-bond donors (Lipinski definition) is 2. The van der Waals surface area contributed by atoms with E-state index < -0.39 is 11.4 Å². The molecule has 0 saturated carbocycles. The van der Waals surface area contributed by atoms with Crippen LogP contribution in [0.4, 0.5) is 0 Å². The predicted octanol–water partition coefficient (Wildman–Crippen LogP) is 1.24. The third-order valence-electron chi connectivity index (χ3n) is 2.83. The molecule has 1 aliphatic rings. The van der Waals surface area contributed by atoms with Crippen molar-refractivity contribution < 1.29 is 9.90 Å². The maximum Gasteiger partial charge on any atom is 0.310 e. The molecule has 78 valence electrons. The Balaban J connectivity index is 2.59. The lowest BCUT2D eigenvalue weighted by Gasteiger charge is -2.33. The maximum atomic E-state index is 11.2. The van der Waals surface area contributed by atoms with Gasteiger partial charge in [0.15, 0.2) is 0 Å². The fourth-order valence-corrected chi connectivity index (χ4v) is 1.90. The van der Waals surface area contributed by atoms with Crippen LogP contribution in [-0.4, -0.2) is 24.2 Å². The Labute approximate surface area is 84.9 Å². The molecule has 1 saturated heterocycles. The summed E-state index contributed by atoms with van der Waals surface area (Å²) in [5.41, 5.74) is -0.567. The largest absolute Gasteiger partial charge is 0.481 e. The number of rotatable bonds is 3. The molecule has 0 aromatic heterocycles. The van der Waals surface area contributed by atoms with Gasteiger partial charge >= 0.3 is 5.97 Å².